The molecule has 20 nitrogen and oxygen atoms in total. The van der Waals surface area contributed by atoms with Crippen LogP contribution in [0.1, 0.15) is 0 Å². The van der Waals surface area contributed by atoms with Crippen molar-refractivity contribution in [2.24, 2.45) is 0 Å². The topological polar surface area (TPSA) is 371 Å². The summed E-state index contributed by atoms with van der Waals surface area (Å²) in [4.78, 5) is 8.44. The molecule has 2 fully saturated rings. The molecule has 0 aromatic heterocycles. The van der Waals surface area contributed by atoms with Crippen LogP contribution in [0.2, 0.25) is 0 Å². The number of carboxylic acid groups (broad SMARTS) is 2. The molecule has 14 atom stereocenters. The summed E-state index contributed by atoms with van der Waals surface area (Å²) in [6, 6.07) is 0. The van der Waals surface area contributed by atoms with E-state index in [2.05, 4.69) is 0 Å². The summed E-state index contributed by atoms with van der Waals surface area (Å²) in [5.74, 6) is 0. The van der Waals surface area contributed by atoms with Crippen molar-refractivity contribution in [3.8, 4) is 0 Å². The molecule has 0 aliphatic carbocycles. The quantitative estimate of drug-likeness (QED) is 0.108. The third-order valence-corrected chi connectivity index (χ3v) is 5.49. The van der Waals surface area contributed by atoms with Crippen LogP contribution in [0.3, 0.4) is 0 Å². The molecule has 0 bridgehead atoms. The largest absolute Gasteiger partial charge is 1.00 e. The van der Waals surface area contributed by atoms with Crippen molar-refractivity contribution in [1.29, 1.82) is 0 Å². The normalized spacial score (nSPS) is 36.8. The number of ether oxygens (including phenoxy) is 3. The van der Waals surface area contributed by atoms with Crippen LogP contribution in [0, 0.1) is 0 Å². The number of rotatable bonds is 9. The van der Waals surface area contributed by atoms with Gasteiger partial charge in [0.15, 0.2) is 12.6 Å². The van der Waals surface area contributed by atoms with E-state index in [0.29, 0.717) is 0 Å². The van der Waals surface area contributed by atoms with Crippen LogP contribution >= 0.6 is 0 Å². The predicted octanol–water partition coefficient (Wildman–Crippen LogP) is -13.1. The van der Waals surface area contributed by atoms with E-state index < -0.39 is 118 Å². The standard InChI is InChI=1S/C12H22O11.C6H14O6.CH2O3.Na/c13-1-3-5(15)6(16)9(19)12(22-3)23-10-4(2-14)21-11(20)8(18)7(10)17;7-1-3(9)5(11)6(12)4(10)2-8;2-1(3)4;/h3-20H,1-2H2;3-12H,1-2H2;(H2,2,3,4);/q;;;+1/p-1/t3-,4-,5+,6+,7-,8-,9-,10-,11+,12+;3-,4-,5-,6-;;/m11../s1. The first-order valence-corrected chi connectivity index (χ1v) is 11.2. The molecule has 234 valence electrons. The molecular weight excluding hydrogens is 571 g/mol. The van der Waals surface area contributed by atoms with Gasteiger partial charge in [0, 0.05) is 0 Å². The number of aliphatic hydroxyl groups is 14. The van der Waals surface area contributed by atoms with Crippen molar-refractivity contribution in [3.05, 3.63) is 0 Å². The number of carbonyl (C=O) groups is 1. The molecule has 0 aromatic carbocycles. The summed E-state index contributed by atoms with van der Waals surface area (Å²) in [6.45, 7) is -2.80. The van der Waals surface area contributed by atoms with E-state index >= 15 is 0 Å². The van der Waals surface area contributed by atoms with Gasteiger partial charge < -0.3 is 101 Å². The fraction of sp³-hybridized carbons (Fsp3) is 0.947. The van der Waals surface area contributed by atoms with Gasteiger partial charge in [0.1, 0.15) is 73.2 Å². The zero-order valence-corrected chi connectivity index (χ0v) is 23.2. The van der Waals surface area contributed by atoms with Gasteiger partial charge in [-0.3, -0.25) is 0 Å². The second kappa shape index (κ2) is 20.5. The van der Waals surface area contributed by atoms with Gasteiger partial charge in [-0.15, -0.1) is 0 Å². The van der Waals surface area contributed by atoms with Gasteiger partial charge >= 0.3 is 29.6 Å². The minimum atomic E-state index is -2.08. The minimum absolute atomic E-state index is 0. The summed E-state index contributed by atoms with van der Waals surface area (Å²) in [6.07, 6.45) is -24.0. The average molecular weight is 608 g/mol. The maximum absolute atomic E-state index is 9.94. The van der Waals surface area contributed by atoms with Gasteiger partial charge in [0.05, 0.1) is 26.4 Å². The van der Waals surface area contributed by atoms with Crippen LogP contribution in [0.4, 0.5) is 4.79 Å². The van der Waals surface area contributed by atoms with E-state index in [1.54, 1.807) is 0 Å². The van der Waals surface area contributed by atoms with Crippen molar-refractivity contribution in [2.45, 2.75) is 85.8 Å². The SMILES string of the molecule is O=C([O-])O.OC[C@@H](O)[C@@H](O)[C@H](O)[C@H](O)CO.OC[C@H]1O[C@@H](O[C@H]2[C@H](O)[C@@H](O)[C@@H](O)O[C@@H]2CO)[C@H](O)[C@@H](O)[C@H]1O.[Na+]. The Morgan fingerprint density at radius 2 is 1.12 bits per heavy atom. The summed E-state index contributed by atoms with van der Waals surface area (Å²) < 4.78 is 15.3. The van der Waals surface area contributed by atoms with Gasteiger partial charge in [-0.1, -0.05) is 0 Å². The van der Waals surface area contributed by atoms with Crippen molar-refractivity contribution in [3.63, 3.8) is 0 Å². The number of hydrogen-bond acceptors (Lipinski definition) is 19. The Bertz CT molecular complexity index is 656. The molecule has 2 aliphatic rings. The van der Waals surface area contributed by atoms with E-state index in [-0.39, 0.29) is 29.6 Å². The van der Waals surface area contributed by atoms with Crippen molar-refractivity contribution < 1.29 is 130 Å². The van der Waals surface area contributed by atoms with Crippen LogP contribution in [0.5, 0.6) is 0 Å². The average Bonchev–Trinajstić information content (AvgIpc) is 2.91. The third kappa shape index (κ3) is 12.4. The molecule has 40 heavy (non-hydrogen) atoms. The summed E-state index contributed by atoms with van der Waals surface area (Å²) in [5, 5.41) is 144. The van der Waals surface area contributed by atoms with Gasteiger partial charge in [-0.2, -0.15) is 0 Å². The summed E-state index contributed by atoms with van der Waals surface area (Å²) in [5.41, 5.74) is 0. The third-order valence-electron chi connectivity index (χ3n) is 5.49. The van der Waals surface area contributed by atoms with Crippen molar-refractivity contribution in [1.82, 2.24) is 0 Å². The summed E-state index contributed by atoms with van der Waals surface area (Å²) >= 11 is 0. The van der Waals surface area contributed by atoms with E-state index in [1.807, 2.05) is 0 Å². The molecule has 0 amide bonds. The first-order valence-electron chi connectivity index (χ1n) is 11.2. The van der Waals surface area contributed by atoms with Crippen LogP contribution in [-0.2, 0) is 14.2 Å². The Balaban J connectivity index is 0. The Hall–Kier alpha value is -0.410. The second-order valence-electron chi connectivity index (χ2n) is 8.27. The zero-order chi connectivity index (χ0) is 30.6. The maximum atomic E-state index is 9.94. The smallest absolute Gasteiger partial charge is 0.565 e. The van der Waals surface area contributed by atoms with Crippen LogP contribution < -0.4 is 34.7 Å². The molecule has 0 radical (unpaired) electrons. The molecular formula is C19H37NaO20. The second-order valence-corrected chi connectivity index (χ2v) is 8.27. The first kappa shape index (κ1) is 41.7. The van der Waals surface area contributed by atoms with E-state index in [1.165, 1.54) is 0 Å². The molecule has 15 N–H and O–H groups in total. The molecule has 0 spiro atoms. The summed E-state index contributed by atoms with van der Waals surface area (Å²) in [7, 11) is 0. The molecule has 2 heterocycles. The van der Waals surface area contributed by atoms with Crippen molar-refractivity contribution in [2.75, 3.05) is 26.4 Å². The van der Waals surface area contributed by atoms with Gasteiger partial charge in [0.2, 0.25) is 6.16 Å². The molecule has 0 saturated carbocycles. The fourth-order valence-electron chi connectivity index (χ4n) is 3.24. The van der Waals surface area contributed by atoms with Gasteiger partial charge in [-0.25, -0.2) is 0 Å². The van der Waals surface area contributed by atoms with Gasteiger partial charge in [-0.05, 0) is 0 Å². The first-order chi connectivity index (χ1) is 18.1. The fourth-order valence-corrected chi connectivity index (χ4v) is 3.24. The molecule has 0 unspecified atom stereocenters. The monoisotopic (exact) mass is 608 g/mol. The van der Waals surface area contributed by atoms with Crippen LogP contribution in [-0.4, -0.2) is 195 Å². The van der Waals surface area contributed by atoms with E-state index in [9.17, 15) is 35.7 Å². The Labute approximate surface area is 248 Å². The zero-order valence-electron chi connectivity index (χ0n) is 21.2. The number of hydrogen-bond donors (Lipinski definition) is 15. The predicted molar refractivity (Wildman–Crippen MR) is 115 cm³/mol. The molecule has 21 heteroatoms. The van der Waals surface area contributed by atoms with Gasteiger partial charge in [0.25, 0.3) is 0 Å². The van der Waals surface area contributed by atoms with E-state index in [4.69, 9.17) is 65.0 Å². The van der Waals surface area contributed by atoms with Crippen LogP contribution in [0.25, 0.3) is 0 Å². The van der Waals surface area contributed by atoms with Crippen molar-refractivity contribution >= 4 is 6.16 Å². The Morgan fingerprint density at radius 1 is 0.700 bits per heavy atom. The minimum Gasteiger partial charge on any atom is -0.565 e. The Morgan fingerprint density at radius 3 is 1.50 bits per heavy atom. The number of aliphatic hydroxyl groups excluding tert-OH is 14. The molecule has 2 rings (SSSR count). The molecule has 0 aromatic rings. The molecule has 2 aliphatic heterocycles. The van der Waals surface area contributed by atoms with Crippen LogP contribution in [0.15, 0.2) is 0 Å². The maximum Gasteiger partial charge on any atom is 1.00 e. The Kier molecular flexibility index (Phi) is 21.4. The van der Waals surface area contributed by atoms with E-state index in [0.717, 1.165) is 0 Å². The molecule has 2 saturated heterocycles.